The average molecular weight is 415 g/mol. The molecule has 0 amide bonds. The number of benzene rings is 1. The largest absolute Gasteiger partial charge is 0.492 e. The molecule has 150 valence electrons. The first-order valence-corrected chi connectivity index (χ1v) is 9.24. The molecule has 2 heterocycles. The number of ether oxygens (including phenoxy) is 3. The fourth-order valence-electron chi connectivity index (χ4n) is 2.63. The Kier molecular flexibility index (Phi) is 5.73. The summed E-state index contributed by atoms with van der Waals surface area (Å²) in [4.78, 5) is 11.1. The summed E-state index contributed by atoms with van der Waals surface area (Å²) in [6.07, 6.45) is 1.46. The monoisotopic (exact) mass is 415 g/mol. The summed E-state index contributed by atoms with van der Waals surface area (Å²) < 4.78 is 65.8. The molecule has 0 aliphatic heterocycles. The van der Waals surface area contributed by atoms with Crippen LogP contribution in [0.3, 0.4) is 0 Å². The Morgan fingerprint density at radius 1 is 1.21 bits per heavy atom. The number of halogens is 3. The standard InChI is InChI=1S/C17H16F3N3O4S/c1-8-12(21-6-14(25-2)15(8)26-3)7-28(24)17-22-10-4-9(18)13(27-16(19)20)5-11(10)23-17/h4-6,16H,7H2,1-3H3,(H,22,23). The van der Waals surface area contributed by atoms with Gasteiger partial charge in [0.2, 0.25) is 0 Å². The minimum Gasteiger partial charge on any atom is -0.492 e. The lowest BCUT2D eigenvalue weighted by Crippen LogP contribution is -2.05. The van der Waals surface area contributed by atoms with Crippen molar-refractivity contribution in [1.29, 1.82) is 0 Å². The fraction of sp³-hybridized carbons (Fsp3) is 0.294. The highest BCUT2D eigenvalue weighted by Gasteiger charge is 2.19. The van der Waals surface area contributed by atoms with Crippen LogP contribution in [0.15, 0.2) is 23.5 Å². The van der Waals surface area contributed by atoms with E-state index in [1.165, 1.54) is 20.4 Å². The van der Waals surface area contributed by atoms with Crippen LogP contribution in [0.4, 0.5) is 13.2 Å². The normalized spacial score (nSPS) is 12.4. The molecule has 0 aliphatic carbocycles. The van der Waals surface area contributed by atoms with Gasteiger partial charge in [-0.2, -0.15) is 8.78 Å². The minimum atomic E-state index is -3.17. The Bertz CT molecular complexity index is 1040. The van der Waals surface area contributed by atoms with Crippen LogP contribution in [0, 0.1) is 12.7 Å². The molecule has 2 aromatic heterocycles. The number of rotatable bonds is 7. The second-order valence-electron chi connectivity index (χ2n) is 5.64. The van der Waals surface area contributed by atoms with Gasteiger partial charge in [0.05, 0.1) is 53.7 Å². The van der Waals surface area contributed by atoms with Crippen molar-refractivity contribution in [2.75, 3.05) is 14.2 Å². The predicted molar refractivity (Wildman–Crippen MR) is 94.9 cm³/mol. The van der Waals surface area contributed by atoms with E-state index >= 15 is 0 Å². The molecule has 3 aromatic rings. The Morgan fingerprint density at radius 3 is 2.61 bits per heavy atom. The van der Waals surface area contributed by atoms with Crippen molar-refractivity contribution in [3.63, 3.8) is 0 Å². The van der Waals surface area contributed by atoms with Gasteiger partial charge < -0.3 is 19.2 Å². The molecule has 0 radical (unpaired) electrons. The summed E-state index contributed by atoms with van der Waals surface area (Å²) in [5.41, 5.74) is 1.52. The van der Waals surface area contributed by atoms with Crippen molar-refractivity contribution in [1.82, 2.24) is 15.0 Å². The van der Waals surface area contributed by atoms with E-state index < -0.39 is 29.0 Å². The number of alkyl halides is 2. The highest BCUT2D eigenvalue weighted by molar-refractivity contribution is 7.84. The van der Waals surface area contributed by atoms with Gasteiger partial charge in [-0.15, -0.1) is 0 Å². The molecule has 0 aliphatic rings. The lowest BCUT2D eigenvalue weighted by Gasteiger charge is -2.12. The van der Waals surface area contributed by atoms with Gasteiger partial charge in [0, 0.05) is 17.7 Å². The first kappa shape index (κ1) is 19.9. The van der Waals surface area contributed by atoms with Crippen molar-refractivity contribution < 1.29 is 31.6 Å². The number of nitrogens with zero attached hydrogens (tertiary/aromatic N) is 2. The first-order chi connectivity index (χ1) is 13.3. The maximum Gasteiger partial charge on any atom is 0.387 e. The zero-order valence-corrected chi connectivity index (χ0v) is 15.9. The number of H-pyrrole nitrogens is 1. The molecule has 7 nitrogen and oxygen atoms in total. The van der Waals surface area contributed by atoms with Crippen molar-refractivity contribution in [2.45, 2.75) is 24.4 Å². The number of methoxy groups -OCH3 is 2. The third-order valence-corrected chi connectivity index (χ3v) is 5.13. The van der Waals surface area contributed by atoms with E-state index in [0.717, 1.165) is 12.1 Å². The summed E-state index contributed by atoms with van der Waals surface area (Å²) in [7, 11) is 1.31. The number of aromatic amines is 1. The summed E-state index contributed by atoms with van der Waals surface area (Å²) in [5, 5.41) is 0.0552. The maximum absolute atomic E-state index is 13.8. The molecule has 1 N–H and O–H groups in total. The number of pyridine rings is 1. The summed E-state index contributed by atoms with van der Waals surface area (Å²) in [5.74, 6) is -0.685. The topological polar surface area (TPSA) is 86.3 Å². The number of hydrogen-bond acceptors (Lipinski definition) is 6. The lowest BCUT2D eigenvalue weighted by atomic mass is 10.2. The van der Waals surface area contributed by atoms with E-state index in [4.69, 9.17) is 9.47 Å². The second kappa shape index (κ2) is 8.05. The zero-order valence-electron chi connectivity index (χ0n) is 15.1. The summed E-state index contributed by atoms with van der Waals surface area (Å²) in [6.45, 7) is -1.42. The van der Waals surface area contributed by atoms with Crippen LogP contribution in [-0.2, 0) is 16.6 Å². The molecule has 1 atom stereocenters. The molecule has 3 rings (SSSR count). The van der Waals surface area contributed by atoms with Crippen LogP contribution < -0.4 is 14.2 Å². The van der Waals surface area contributed by atoms with Gasteiger partial charge in [-0.25, -0.2) is 9.37 Å². The van der Waals surface area contributed by atoms with Crippen molar-refractivity contribution in [3.05, 3.63) is 35.4 Å². The van der Waals surface area contributed by atoms with Crippen LogP contribution >= 0.6 is 0 Å². The lowest BCUT2D eigenvalue weighted by molar-refractivity contribution is -0.0520. The van der Waals surface area contributed by atoms with E-state index in [-0.39, 0.29) is 21.9 Å². The van der Waals surface area contributed by atoms with Crippen LogP contribution in [0.25, 0.3) is 11.0 Å². The van der Waals surface area contributed by atoms with E-state index in [1.54, 1.807) is 6.92 Å². The van der Waals surface area contributed by atoms with Crippen LogP contribution in [-0.4, -0.2) is 40.0 Å². The zero-order chi connectivity index (χ0) is 20.4. The molecular formula is C17H16F3N3O4S. The molecule has 0 spiro atoms. The molecule has 0 bridgehead atoms. The molecule has 28 heavy (non-hydrogen) atoms. The molecule has 1 unspecified atom stereocenters. The third kappa shape index (κ3) is 3.88. The van der Waals surface area contributed by atoms with Crippen LogP contribution in [0.2, 0.25) is 0 Å². The number of aromatic nitrogens is 3. The number of imidazole rings is 1. The van der Waals surface area contributed by atoms with Gasteiger partial charge in [0.25, 0.3) is 0 Å². The SMILES string of the molecule is COc1cnc(CS(=O)c2nc3cc(OC(F)F)c(F)cc3[nH]2)c(C)c1OC. The Hall–Kier alpha value is -2.82. The van der Waals surface area contributed by atoms with Gasteiger partial charge in [-0.3, -0.25) is 9.19 Å². The summed E-state index contributed by atoms with van der Waals surface area (Å²) >= 11 is 0. The minimum absolute atomic E-state index is 0.00881. The van der Waals surface area contributed by atoms with Crippen molar-refractivity contribution >= 4 is 21.8 Å². The maximum atomic E-state index is 13.8. The molecule has 1 aromatic carbocycles. The Labute approximate surface area is 160 Å². The van der Waals surface area contributed by atoms with Crippen LogP contribution in [0.5, 0.6) is 17.2 Å². The molecule has 11 heteroatoms. The molecule has 0 fully saturated rings. The third-order valence-electron chi connectivity index (χ3n) is 3.97. The van der Waals surface area contributed by atoms with Crippen molar-refractivity contribution in [2.24, 2.45) is 0 Å². The molecule has 0 saturated carbocycles. The number of fused-ring (bicyclic) bond motifs is 1. The van der Waals surface area contributed by atoms with Gasteiger partial charge in [-0.1, -0.05) is 0 Å². The van der Waals surface area contributed by atoms with E-state index in [2.05, 4.69) is 19.7 Å². The molecular weight excluding hydrogens is 399 g/mol. The number of nitrogens with one attached hydrogen (secondary N) is 1. The van der Waals surface area contributed by atoms with E-state index in [1.807, 2.05) is 0 Å². The fourth-order valence-corrected chi connectivity index (χ4v) is 3.73. The quantitative estimate of drug-likeness (QED) is 0.637. The van der Waals surface area contributed by atoms with Crippen molar-refractivity contribution in [3.8, 4) is 17.2 Å². The smallest absolute Gasteiger partial charge is 0.387 e. The number of hydrogen-bond donors (Lipinski definition) is 1. The average Bonchev–Trinajstić information content (AvgIpc) is 3.05. The van der Waals surface area contributed by atoms with E-state index in [9.17, 15) is 17.4 Å². The van der Waals surface area contributed by atoms with Gasteiger partial charge >= 0.3 is 6.61 Å². The second-order valence-corrected chi connectivity index (χ2v) is 7.01. The highest BCUT2D eigenvalue weighted by atomic mass is 32.2. The molecule has 0 saturated heterocycles. The Balaban J connectivity index is 1.90. The highest BCUT2D eigenvalue weighted by Crippen LogP contribution is 2.32. The predicted octanol–water partition coefficient (Wildman–Crippen LogP) is 3.33. The first-order valence-electron chi connectivity index (χ1n) is 7.93. The van der Waals surface area contributed by atoms with Gasteiger partial charge in [0.15, 0.2) is 28.2 Å². The van der Waals surface area contributed by atoms with Gasteiger partial charge in [-0.05, 0) is 6.92 Å². The summed E-state index contributed by atoms with van der Waals surface area (Å²) in [6, 6.07) is 1.98. The van der Waals surface area contributed by atoms with Crippen LogP contribution in [0.1, 0.15) is 11.3 Å². The Morgan fingerprint density at radius 2 is 1.96 bits per heavy atom. The van der Waals surface area contributed by atoms with E-state index in [0.29, 0.717) is 22.8 Å². The van der Waals surface area contributed by atoms with Gasteiger partial charge in [0.1, 0.15) is 0 Å².